The minimum absolute atomic E-state index is 0.182. The number of pyridine rings is 1. The maximum Gasteiger partial charge on any atom is 0.573 e. The second-order valence-corrected chi connectivity index (χ2v) is 2.99. The van der Waals surface area contributed by atoms with Crippen molar-refractivity contribution < 1.29 is 36.4 Å². The van der Waals surface area contributed by atoms with Gasteiger partial charge in [-0.2, -0.15) is 0 Å². The number of nitro groups is 1. The highest BCUT2D eigenvalue weighted by molar-refractivity contribution is 5.78. The molecule has 0 amide bonds. The normalized spacial score (nSPS) is 11.5. The van der Waals surface area contributed by atoms with Gasteiger partial charge in [0.1, 0.15) is 11.3 Å². The quantitative estimate of drug-likeness (QED) is 0.368. The minimum Gasteiger partial charge on any atom is -0.397 e. The van der Waals surface area contributed by atoms with Crippen LogP contribution in [0.1, 0.15) is 22.5 Å². The molecular weight excluding hydrogens is 283 g/mol. The number of rotatable bonds is 4. The van der Waals surface area contributed by atoms with Crippen molar-refractivity contribution in [3.63, 3.8) is 0 Å². The van der Waals surface area contributed by atoms with Gasteiger partial charge in [-0.3, -0.25) is 14.9 Å². The van der Waals surface area contributed by atoms with Crippen molar-refractivity contribution >= 4 is 12.0 Å². The van der Waals surface area contributed by atoms with E-state index in [9.17, 15) is 36.9 Å². The van der Waals surface area contributed by atoms with Gasteiger partial charge in [-0.1, -0.05) is 0 Å². The summed E-state index contributed by atoms with van der Waals surface area (Å²) >= 11 is 0. The Morgan fingerprint density at radius 3 is 2.37 bits per heavy atom. The number of aromatic nitrogens is 1. The number of halogens is 5. The Balaban J connectivity index is 3.54. The number of carbonyl (C=O) groups is 1. The van der Waals surface area contributed by atoms with Crippen LogP contribution < -0.4 is 4.74 Å². The minimum atomic E-state index is -5.32. The van der Waals surface area contributed by atoms with Gasteiger partial charge < -0.3 is 4.74 Å². The van der Waals surface area contributed by atoms with Crippen LogP contribution in [-0.2, 0) is 0 Å². The standard InChI is InChI=1S/C8H3F5N2O4/c9-7(10)5-3(2-16)14-1-4(6(5)15(17)18)19-8(11,12)13/h1-2,7H. The molecule has 0 aromatic carbocycles. The largest absolute Gasteiger partial charge is 0.573 e. The average Bonchev–Trinajstić information content (AvgIpc) is 2.25. The van der Waals surface area contributed by atoms with Crippen molar-refractivity contribution in [2.45, 2.75) is 12.8 Å². The maximum atomic E-state index is 12.6. The molecule has 0 fully saturated rings. The van der Waals surface area contributed by atoms with E-state index in [-0.39, 0.29) is 12.5 Å². The first kappa shape index (κ1) is 14.7. The predicted molar refractivity (Wildman–Crippen MR) is 47.9 cm³/mol. The first-order valence-corrected chi connectivity index (χ1v) is 4.33. The smallest absolute Gasteiger partial charge is 0.397 e. The predicted octanol–water partition coefficient (Wildman–Crippen LogP) is 2.64. The molecule has 0 aliphatic heterocycles. The van der Waals surface area contributed by atoms with E-state index in [2.05, 4.69) is 9.72 Å². The van der Waals surface area contributed by atoms with Crippen LogP contribution in [0.15, 0.2) is 6.20 Å². The van der Waals surface area contributed by atoms with Crippen molar-refractivity contribution in [2.24, 2.45) is 0 Å². The number of hydrogen-bond acceptors (Lipinski definition) is 5. The lowest BCUT2D eigenvalue weighted by Crippen LogP contribution is -2.19. The van der Waals surface area contributed by atoms with Gasteiger partial charge in [0.15, 0.2) is 6.29 Å². The van der Waals surface area contributed by atoms with Crippen LogP contribution in [0, 0.1) is 10.1 Å². The molecule has 1 rings (SSSR count). The zero-order valence-corrected chi connectivity index (χ0v) is 8.65. The van der Waals surface area contributed by atoms with Gasteiger partial charge in [0.2, 0.25) is 5.75 Å². The molecule has 0 N–H and O–H groups in total. The van der Waals surface area contributed by atoms with E-state index in [1.54, 1.807) is 0 Å². The molecule has 19 heavy (non-hydrogen) atoms. The van der Waals surface area contributed by atoms with Gasteiger partial charge in [-0.25, -0.2) is 13.8 Å². The van der Waals surface area contributed by atoms with Gasteiger partial charge >= 0.3 is 12.0 Å². The van der Waals surface area contributed by atoms with E-state index in [0.717, 1.165) is 0 Å². The summed E-state index contributed by atoms with van der Waals surface area (Å²) in [6.45, 7) is 0. The molecule has 0 unspecified atom stereocenters. The number of nitrogens with zero attached hydrogens (tertiary/aromatic N) is 2. The molecule has 0 spiro atoms. The molecule has 0 radical (unpaired) electrons. The Hall–Kier alpha value is -2.33. The Kier molecular flexibility index (Phi) is 3.97. The summed E-state index contributed by atoms with van der Waals surface area (Å²) in [5.41, 5.74) is -4.21. The third kappa shape index (κ3) is 3.33. The first-order chi connectivity index (χ1) is 8.67. The highest BCUT2D eigenvalue weighted by atomic mass is 19.4. The van der Waals surface area contributed by atoms with Gasteiger partial charge in [0.05, 0.1) is 11.1 Å². The molecule has 0 saturated carbocycles. The molecule has 1 aromatic heterocycles. The van der Waals surface area contributed by atoms with Crippen molar-refractivity contribution in [3.05, 3.63) is 27.6 Å². The molecule has 1 aromatic rings. The van der Waals surface area contributed by atoms with E-state index >= 15 is 0 Å². The number of ether oxygens (including phenoxy) is 1. The van der Waals surface area contributed by atoms with Gasteiger partial charge in [-0.15, -0.1) is 13.2 Å². The zero-order valence-electron chi connectivity index (χ0n) is 8.65. The Labute approximate surface area is 101 Å². The van der Waals surface area contributed by atoms with Crippen molar-refractivity contribution in [2.75, 3.05) is 0 Å². The molecule has 0 bridgehead atoms. The summed E-state index contributed by atoms with van der Waals surface area (Å²) in [5, 5.41) is 10.6. The van der Waals surface area contributed by atoms with E-state index in [0.29, 0.717) is 0 Å². The molecule has 0 aliphatic rings. The summed E-state index contributed by atoms with van der Waals surface area (Å²) in [4.78, 5) is 22.5. The van der Waals surface area contributed by atoms with Crippen LogP contribution >= 0.6 is 0 Å². The third-order valence-corrected chi connectivity index (χ3v) is 1.82. The lowest BCUT2D eigenvalue weighted by atomic mass is 10.1. The Bertz CT molecular complexity index is 517. The van der Waals surface area contributed by atoms with E-state index in [4.69, 9.17) is 0 Å². The molecule has 0 saturated heterocycles. The lowest BCUT2D eigenvalue weighted by Gasteiger charge is -2.11. The van der Waals surface area contributed by atoms with Crippen molar-refractivity contribution in [3.8, 4) is 5.75 Å². The molecule has 104 valence electrons. The SMILES string of the molecule is O=Cc1ncc(OC(F)(F)F)c([N+](=O)[O-])c1C(F)F. The van der Waals surface area contributed by atoms with E-state index in [1.165, 1.54) is 0 Å². The maximum absolute atomic E-state index is 12.6. The molecule has 6 nitrogen and oxygen atoms in total. The third-order valence-electron chi connectivity index (χ3n) is 1.82. The van der Waals surface area contributed by atoms with Crippen molar-refractivity contribution in [1.82, 2.24) is 4.98 Å². The van der Waals surface area contributed by atoms with Gasteiger partial charge in [0, 0.05) is 0 Å². The second-order valence-electron chi connectivity index (χ2n) is 2.99. The second kappa shape index (κ2) is 5.12. The topological polar surface area (TPSA) is 82.3 Å². The number of aldehydes is 1. The monoisotopic (exact) mass is 286 g/mol. The number of hydrogen-bond donors (Lipinski definition) is 0. The molecule has 1 heterocycles. The van der Waals surface area contributed by atoms with Crippen LogP contribution in [0.2, 0.25) is 0 Å². The highest BCUT2D eigenvalue weighted by Crippen LogP contribution is 2.39. The average molecular weight is 286 g/mol. The van der Waals surface area contributed by atoms with Gasteiger partial charge in [-0.05, 0) is 0 Å². The fraction of sp³-hybridized carbons (Fsp3) is 0.250. The van der Waals surface area contributed by atoms with E-state index in [1.807, 2.05) is 0 Å². The van der Waals surface area contributed by atoms with Crippen LogP contribution in [-0.4, -0.2) is 22.6 Å². The summed E-state index contributed by atoms with van der Waals surface area (Å²) in [5.74, 6) is -1.52. The van der Waals surface area contributed by atoms with E-state index < -0.39 is 40.4 Å². The first-order valence-electron chi connectivity index (χ1n) is 4.33. The zero-order chi connectivity index (χ0) is 14.8. The van der Waals surface area contributed by atoms with Crippen LogP contribution in [0.25, 0.3) is 0 Å². The Morgan fingerprint density at radius 1 is 1.42 bits per heavy atom. The summed E-state index contributed by atoms with van der Waals surface area (Å²) in [6, 6.07) is 0. The highest BCUT2D eigenvalue weighted by Gasteiger charge is 2.38. The summed E-state index contributed by atoms with van der Waals surface area (Å²) < 4.78 is 64.4. The van der Waals surface area contributed by atoms with Gasteiger partial charge in [0.25, 0.3) is 6.43 Å². The van der Waals surface area contributed by atoms with Crippen LogP contribution in [0.5, 0.6) is 5.75 Å². The van der Waals surface area contributed by atoms with Crippen LogP contribution in [0.3, 0.4) is 0 Å². The molecule has 0 aliphatic carbocycles. The summed E-state index contributed by atoms with van der Waals surface area (Å²) in [7, 11) is 0. The lowest BCUT2D eigenvalue weighted by molar-refractivity contribution is -0.390. The van der Waals surface area contributed by atoms with Crippen LogP contribution in [0.4, 0.5) is 27.6 Å². The fourth-order valence-electron chi connectivity index (χ4n) is 1.21. The number of carbonyl (C=O) groups excluding carboxylic acids is 1. The fourth-order valence-corrected chi connectivity index (χ4v) is 1.21. The molecular formula is C8H3F5N2O4. The molecule has 0 atom stereocenters. The Morgan fingerprint density at radius 2 is 2.00 bits per heavy atom. The molecule has 11 heteroatoms. The van der Waals surface area contributed by atoms with Crippen molar-refractivity contribution in [1.29, 1.82) is 0 Å². The number of alkyl halides is 5. The summed E-state index contributed by atoms with van der Waals surface area (Å²) in [6.07, 6.45) is -8.94.